The molecule has 0 radical (unpaired) electrons. The molecule has 0 bridgehead atoms. The minimum Gasteiger partial charge on any atom is -0.399 e. The number of hydrogen-bond donors (Lipinski definition) is 3. The topological polar surface area (TPSA) is 67.2 Å². The van der Waals surface area contributed by atoms with Crippen molar-refractivity contribution < 1.29 is 4.79 Å². The van der Waals surface area contributed by atoms with Crippen LogP contribution in [0.5, 0.6) is 0 Å². The summed E-state index contributed by atoms with van der Waals surface area (Å²) in [6.45, 7) is 4.35. The number of carbonyl (C=O) groups excluding carboxylic acids is 1. The molecule has 0 heterocycles. The molecular weight excluding hydrogens is 202 g/mol. The summed E-state index contributed by atoms with van der Waals surface area (Å²) in [5.74, 6) is 0.0175. The number of anilines is 2. The monoisotopic (exact) mass is 221 g/mol. The average molecular weight is 221 g/mol. The van der Waals surface area contributed by atoms with Crippen molar-refractivity contribution >= 4 is 17.3 Å². The molecule has 0 aliphatic rings. The van der Waals surface area contributed by atoms with Gasteiger partial charge in [-0.25, -0.2) is 0 Å². The summed E-state index contributed by atoms with van der Waals surface area (Å²) >= 11 is 0. The number of nitrogens with one attached hydrogen (secondary N) is 2. The third-order valence-electron chi connectivity index (χ3n) is 2.46. The van der Waals surface area contributed by atoms with Crippen molar-refractivity contribution in [3.05, 3.63) is 24.3 Å². The van der Waals surface area contributed by atoms with E-state index >= 15 is 0 Å². The van der Waals surface area contributed by atoms with E-state index in [4.69, 9.17) is 5.73 Å². The van der Waals surface area contributed by atoms with Crippen LogP contribution in [-0.2, 0) is 4.79 Å². The van der Waals surface area contributed by atoms with E-state index in [-0.39, 0.29) is 5.91 Å². The molecule has 1 rings (SSSR count). The normalized spacial score (nSPS) is 10.9. The minimum absolute atomic E-state index is 0.0175. The highest BCUT2D eigenvalue weighted by Gasteiger charge is 2.25. The summed E-state index contributed by atoms with van der Waals surface area (Å²) in [5, 5.41) is 5.85. The molecule has 1 aromatic carbocycles. The van der Waals surface area contributed by atoms with Crippen LogP contribution in [0.25, 0.3) is 0 Å². The van der Waals surface area contributed by atoms with Crippen LogP contribution in [0.2, 0.25) is 0 Å². The van der Waals surface area contributed by atoms with Crippen LogP contribution in [0, 0.1) is 5.41 Å². The maximum Gasteiger partial charge on any atom is 0.227 e. The molecule has 0 saturated heterocycles. The Morgan fingerprint density at radius 1 is 1.44 bits per heavy atom. The first kappa shape index (κ1) is 12.4. The first-order chi connectivity index (χ1) is 7.45. The van der Waals surface area contributed by atoms with Crippen LogP contribution in [0.4, 0.5) is 11.4 Å². The van der Waals surface area contributed by atoms with Crippen LogP contribution in [0.15, 0.2) is 24.3 Å². The van der Waals surface area contributed by atoms with E-state index in [0.29, 0.717) is 12.2 Å². The van der Waals surface area contributed by atoms with E-state index in [1.807, 2.05) is 38.1 Å². The van der Waals surface area contributed by atoms with E-state index in [0.717, 1.165) is 5.69 Å². The zero-order valence-corrected chi connectivity index (χ0v) is 10.0. The molecule has 0 fully saturated rings. The highest BCUT2D eigenvalue weighted by Crippen LogP contribution is 2.18. The highest BCUT2D eigenvalue weighted by atomic mass is 16.2. The quantitative estimate of drug-likeness (QED) is 0.674. The van der Waals surface area contributed by atoms with Crippen LogP contribution >= 0.6 is 0 Å². The van der Waals surface area contributed by atoms with Crippen LogP contribution in [-0.4, -0.2) is 19.5 Å². The number of hydrogen-bond acceptors (Lipinski definition) is 3. The predicted octanol–water partition coefficient (Wildman–Crippen LogP) is 1.45. The van der Waals surface area contributed by atoms with Crippen molar-refractivity contribution in [2.24, 2.45) is 5.41 Å². The molecule has 0 aliphatic carbocycles. The molecular formula is C12H19N3O. The second-order valence-electron chi connectivity index (χ2n) is 4.44. The Morgan fingerprint density at radius 3 is 2.69 bits per heavy atom. The summed E-state index contributed by atoms with van der Waals surface area (Å²) in [6.07, 6.45) is 0. The van der Waals surface area contributed by atoms with Gasteiger partial charge in [-0.3, -0.25) is 4.79 Å². The lowest BCUT2D eigenvalue weighted by Crippen LogP contribution is -2.39. The molecule has 0 unspecified atom stereocenters. The largest absolute Gasteiger partial charge is 0.399 e. The molecule has 0 atom stereocenters. The average Bonchev–Trinajstić information content (AvgIpc) is 2.25. The first-order valence-corrected chi connectivity index (χ1v) is 5.27. The first-order valence-electron chi connectivity index (χ1n) is 5.27. The smallest absolute Gasteiger partial charge is 0.227 e. The minimum atomic E-state index is -0.445. The van der Waals surface area contributed by atoms with Crippen molar-refractivity contribution in [3.8, 4) is 0 Å². The van der Waals surface area contributed by atoms with Gasteiger partial charge >= 0.3 is 0 Å². The van der Waals surface area contributed by atoms with Crippen LogP contribution in [0.1, 0.15) is 13.8 Å². The molecule has 4 nitrogen and oxygen atoms in total. The number of nitrogens with two attached hydrogens (primary N) is 1. The van der Waals surface area contributed by atoms with Crippen molar-refractivity contribution in [1.82, 2.24) is 5.32 Å². The van der Waals surface area contributed by atoms with Gasteiger partial charge in [0.15, 0.2) is 0 Å². The molecule has 4 N–H and O–H groups in total. The van der Waals surface area contributed by atoms with Crippen molar-refractivity contribution in [2.75, 3.05) is 24.6 Å². The fourth-order valence-corrected chi connectivity index (χ4v) is 1.39. The van der Waals surface area contributed by atoms with Gasteiger partial charge in [0.1, 0.15) is 0 Å². The third kappa shape index (κ3) is 3.15. The maximum atomic E-state index is 11.5. The Bertz CT molecular complexity index is 374. The van der Waals surface area contributed by atoms with E-state index in [1.165, 1.54) is 0 Å². The lowest BCUT2D eigenvalue weighted by atomic mass is 9.92. The Balaban J connectivity index is 2.61. The summed E-state index contributed by atoms with van der Waals surface area (Å²) in [6, 6.07) is 7.48. The van der Waals surface area contributed by atoms with Crippen LogP contribution in [0.3, 0.4) is 0 Å². The molecule has 1 amide bonds. The molecule has 0 aromatic heterocycles. The summed E-state index contributed by atoms with van der Waals surface area (Å²) in [7, 11) is 1.64. The summed E-state index contributed by atoms with van der Waals surface area (Å²) in [5.41, 5.74) is 6.86. The number of benzene rings is 1. The van der Waals surface area contributed by atoms with Gasteiger partial charge in [0.25, 0.3) is 0 Å². The Kier molecular flexibility index (Phi) is 3.77. The fraction of sp³-hybridized carbons (Fsp3) is 0.417. The number of amides is 1. The predicted molar refractivity (Wildman–Crippen MR) is 67.2 cm³/mol. The van der Waals surface area contributed by atoms with E-state index in [2.05, 4.69) is 10.6 Å². The lowest BCUT2D eigenvalue weighted by molar-refractivity contribution is -0.128. The van der Waals surface area contributed by atoms with Gasteiger partial charge in [0.2, 0.25) is 5.91 Å². The van der Waals surface area contributed by atoms with E-state index in [9.17, 15) is 4.79 Å². The zero-order chi connectivity index (χ0) is 12.2. The molecule has 0 aliphatic heterocycles. The second kappa shape index (κ2) is 4.88. The second-order valence-corrected chi connectivity index (χ2v) is 4.44. The molecule has 16 heavy (non-hydrogen) atoms. The third-order valence-corrected chi connectivity index (χ3v) is 2.46. The number of rotatable bonds is 4. The SMILES string of the molecule is CNC(=O)C(C)(C)CNc1cccc(N)c1. The number of nitrogen functional groups attached to an aromatic ring is 1. The standard InChI is InChI=1S/C12H19N3O/c1-12(2,11(16)14-3)8-15-10-6-4-5-9(13)7-10/h4-7,15H,8,13H2,1-3H3,(H,14,16). The molecule has 0 saturated carbocycles. The molecule has 88 valence electrons. The Hall–Kier alpha value is -1.71. The van der Waals surface area contributed by atoms with Gasteiger partial charge in [-0.2, -0.15) is 0 Å². The van der Waals surface area contributed by atoms with Gasteiger partial charge in [0.05, 0.1) is 5.41 Å². The molecule has 1 aromatic rings. The van der Waals surface area contributed by atoms with Crippen LogP contribution < -0.4 is 16.4 Å². The van der Waals surface area contributed by atoms with Crippen molar-refractivity contribution in [3.63, 3.8) is 0 Å². The molecule has 0 spiro atoms. The van der Waals surface area contributed by atoms with Crippen molar-refractivity contribution in [1.29, 1.82) is 0 Å². The maximum absolute atomic E-state index is 11.5. The lowest BCUT2D eigenvalue weighted by Gasteiger charge is -2.23. The van der Waals surface area contributed by atoms with Gasteiger partial charge in [-0.1, -0.05) is 6.07 Å². The number of carbonyl (C=O) groups is 1. The van der Waals surface area contributed by atoms with E-state index in [1.54, 1.807) is 7.05 Å². The van der Waals surface area contributed by atoms with Gasteiger partial charge in [-0.05, 0) is 32.0 Å². The van der Waals surface area contributed by atoms with Gasteiger partial charge in [-0.15, -0.1) is 0 Å². The summed E-state index contributed by atoms with van der Waals surface area (Å²) in [4.78, 5) is 11.5. The Labute approximate surface area is 96.2 Å². The molecule has 4 heteroatoms. The van der Waals surface area contributed by atoms with Gasteiger partial charge < -0.3 is 16.4 Å². The highest BCUT2D eigenvalue weighted by molar-refractivity contribution is 5.82. The van der Waals surface area contributed by atoms with Crippen molar-refractivity contribution in [2.45, 2.75) is 13.8 Å². The zero-order valence-electron chi connectivity index (χ0n) is 10.0. The van der Waals surface area contributed by atoms with Gasteiger partial charge in [0, 0.05) is 25.0 Å². The van der Waals surface area contributed by atoms with E-state index < -0.39 is 5.41 Å². The summed E-state index contributed by atoms with van der Waals surface area (Å²) < 4.78 is 0. The Morgan fingerprint density at radius 2 is 2.12 bits per heavy atom. The fourth-order valence-electron chi connectivity index (χ4n) is 1.39.